The zero-order chi connectivity index (χ0) is 21.0. The van der Waals surface area contributed by atoms with Crippen LogP contribution in [-0.2, 0) is 0 Å². The molecule has 0 spiro atoms. The number of carbonyl (C=O) groups excluding carboxylic acids is 1. The Morgan fingerprint density at radius 2 is 1.79 bits per heavy atom. The monoisotopic (exact) mass is 413 g/mol. The lowest BCUT2D eigenvalue weighted by Crippen LogP contribution is -2.22. The van der Waals surface area contributed by atoms with Gasteiger partial charge in [0.25, 0.3) is 0 Å². The summed E-state index contributed by atoms with van der Waals surface area (Å²) in [5, 5.41) is 17.1. The normalized spacial score (nSPS) is 11.7. The van der Waals surface area contributed by atoms with Crippen LogP contribution in [0.15, 0.2) is 46.9 Å². The van der Waals surface area contributed by atoms with Crippen LogP contribution < -0.4 is 9.47 Å². The van der Waals surface area contributed by atoms with E-state index in [4.69, 9.17) is 30.9 Å². The highest BCUT2D eigenvalue weighted by Crippen LogP contribution is 2.30. The molecule has 3 rings (SSSR count). The molecule has 0 radical (unpaired) electrons. The fourth-order valence-corrected chi connectivity index (χ4v) is 3.00. The van der Waals surface area contributed by atoms with Crippen LogP contribution >= 0.6 is 11.6 Å². The van der Waals surface area contributed by atoms with Crippen LogP contribution in [0.1, 0.15) is 35.5 Å². The van der Waals surface area contributed by atoms with Crippen molar-refractivity contribution >= 4 is 23.1 Å². The van der Waals surface area contributed by atoms with Crippen molar-refractivity contribution in [3.8, 4) is 23.0 Å². The third kappa shape index (κ3) is 4.30. The van der Waals surface area contributed by atoms with Crippen molar-refractivity contribution in [1.82, 2.24) is 10.2 Å². The molecule has 0 fully saturated rings. The summed E-state index contributed by atoms with van der Waals surface area (Å²) < 4.78 is 16.2. The summed E-state index contributed by atoms with van der Waals surface area (Å²) in [6.45, 7) is 1.85. The molecule has 1 aromatic heterocycles. The van der Waals surface area contributed by atoms with Crippen molar-refractivity contribution in [3.63, 3.8) is 0 Å². The summed E-state index contributed by atoms with van der Waals surface area (Å²) in [6.07, 6.45) is 0.458. The van der Waals surface area contributed by atoms with E-state index < -0.39 is 11.7 Å². The molecular formula is C21H20ClN3O4. The lowest BCUT2D eigenvalue weighted by molar-refractivity contribution is 0.106. The van der Waals surface area contributed by atoms with Gasteiger partial charge in [-0.2, -0.15) is 0 Å². The highest BCUT2D eigenvalue weighted by Gasteiger charge is 2.28. The molecule has 0 saturated heterocycles. The first-order chi connectivity index (χ1) is 14.0. The number of methoxy groups -OCH3 is 2. The Balaban J connectivity index is 1.85. The summed E-state index contributed by atoms with van der Waals surface area (Å²) in [6, 6.07) is 11.8. The molecule has 0 aliphatic rings. The number of Topliss-reactive ketones (excluding diaryl/α,β-unsaturated/α-hetero) is 1. The number of hydrogen-bond donors (Lipinski definition) is 1. The molecule has 0 aliphatic heterocycles. The van der Waals surface area contributed by atoms with Crippen LogP contribution in [0.25, 0.3) is 11.5 Å². The zero-order valence-electron chi connectivity index (χ0n) is 16.2. The van der Waals surface area contributed by atoms with Crippen LogP contribution in [0.3, 0.4) is 0 Å². The average Bonchev–Trinajstić information content (AvgIpc) is 3.23. The molecule has 0 aliphatic carbocycles. The first-order valence-corrected chi connectivity index (χ1v) is 9.30. The second-order valence-corrected chi connectivity index (χ2v) is 6.66. The molecule has 1 unspecified atom stereocenters. The van der Waals surface area contributed by atoms with E-state index in [2.05, 4.69) is 10.2 Å². The first kappa shape index (κ1) is 20.5. The Morgan fingerprint density at radius 1 is 1.10 bits per heavy atom. The molecule has 1 atom stereocenters. The predicted molar refractivity (Wildman–Crippen MR) is 109 cm³/mol. The molecular weight excluding hydrogens is 394 g/mol. The Morgan fingerprint density at radius 3 is 2.41 bits per heavy atom. The van der Waals surface area contributed by atoms with Gasteiger partial charge in [0.15, 0.2) is 11.5 Å². The number of nitrogens with zero attached hydrogens (tertiary/aromatic N) is 2. The van der Waals surface area contributed by atoms with Crippen LogP contribution in [0.4, 0.5) is 0 Å². The summed E-state index contributed by atoms with van der Waals surface area (Å²) in [4.78, 5) is 12.9. The van der Waals surface area contributed by atoms with Crippen LogP contribution in [-0.4, -0.2) is 35.9 Å². The number of ketones is 1. The molecule has 7 nitrogen and oxygen atoms in total. The van der Waals surface area contributed by atoms with Crippen LogP contribution in [0.5, 0.6) is 11.5 Å². The van der Waals surface area contributed by atoms with Gasteiger partial charge in [-0.3, -0.25) is 4.79 Å². The molecule has 0 amide bonds. The molecule has 8 heteroatoms. The summed E-state index contributed by atoms with van der Waals surface area (Å²) in [7, 11) is 3.01. The number of halogens is 1. The summed E-state index contributed by atoms with van der Waals surface area (Å²) in [5.74, 6) is 0.389. The molecule has 0 bridgehead atoms. The standard InChI is InChI=1S/C21H20ClN3O4/c1-4-15(21-25-24-20(29-21)12-5-8-14(22)9-6-12)18(23)19(26)13-7-10-16(27-2)17(11-13)28-3/h5-11,15,23H,4H2,1-3H3. The van der Waals surface area contributed by atoms with Crippen molar-refractivity contribution < 1.29 is 18.7 Å². The second-order valence-electron chi connectivity index (χ2n) is 6.23. The molecule has 0 saturated carbocycles. The maximum absolute atomic E-state index is 12.9. The Hall–Kier alpha value is -3.19. The molecule has 3 aromatic rings. The quantitative estimate of drug-likeness (QED) is 0.420. The van der Waals surface area contributed by atoms with Crippen molar-refractivity contribution in [2.45, 2.75) is 19.3 Å². The highest BCUT2D eigenvalue weighted by molar-refractivity contribution is 6.46. The smallest absolute Gasteiger partial charge is 0.247 e. The van der Waals surface area contributed by atoms with Gasteiger partial charge in [0.2, 0.25) is 17.6 Å². The molecule has 1 heterocycles. The zero-order valence-corrected chi connectivity index (χ0v) is 17.0. The van der Waals surface area contributed by atoms with Gasteiger partial charge in [0, 0.05) is 16.1 Å². The Kier molecular flexibility index (Phi) is 6.29. The molecule has 1 N–H and O–H groups in total. The van der Waals surface area contributed by atoms with Gasteiger partial charge in [-0.05, 0) is 48.9 Å². The van der Waals surface area contributed by atoms with E-state index in [1.165, 1.54) is 14.2 Å². The highest BCUT2D eigenvalue weighted by atomic mass is 35.5. The van der Waals surface area contributed by atoms with E-state index in [0.717, 1.165) is 0 Å². The maximum atomic E-state index is 12.9. The second kappa shape index (κ2) is 8.87. The Bertz CT molecular complexity index is 1030. The minimum Gasteiger partial charge on any atom is -0.493 e. The number of benzene rings is 2. The predicted octanol–water partition coefficient (Wildman–Crippen LogP) is 4.80. The molecule has 2 aromatic carbocycles. The van der Waals surface area contributed by atoms with Gasteiger partial charge in [-0.15, -0.1) is 10.2 Å². The van der Waals surface area contributed by atoms with Crippen molar-refractivity contribution in [1.29, 1.82) is 5.41 Å². The van der Waals surface area contributed by atoms with E-state index in [1.807, 2.05) is 6.92 Å². The molecule has 29 heavy (non-hydrogen) atoms. The van der Waals surface area contributed by atoms with E-state index >= 15 is 0 Å². The van der Waals surface area contributed by atoms with Crippen molar-refractivity contribution in [2.24, 2.45) is 0 Å². The number of nitrogens with one attached hydrogen (secondary N) is 1. The first-order valence-electron chi connectivity index (χ1n) is 8.93. The van der Waals surface area contributed by atoms with Crippen LogP contribution in [0, 0.1) is 5.41 Å². The van der Waals surface area contributed by atoms with Gasteiger partial charge < -0.3 is 19.3 Å². The topological polar surface area (TPSA) is 98.3 Å². The summed E-state index contributed by atoms with van der Waals surface area (Å²) >= 11 is 5.90. The lowest BCUT2D eigenvalue weighted by Gasteiger charge is -2.13. The van der Waals surface area contributed by atoms with E-state index in [-0.39, 0.29) is 11.6 Å². The van der Waals surface area contributed by atoms with Gasteiger partial charge in [0.05, 0.1) is 25.8 Å². The lowest BCUT2D eigenvalue weighted by atomic mass is 9.93. The third-order valence-corrected chi connectivity index (χ3v) is 4.73. The van der Waals surface area contributed by atoms with E-state index in [9.17, 15) is 4.79 Å². The fourth-order valence-electron chi connectivity index (χ4n) is 2.88. The average molecular weight is 414 g/mol. The van der Waals surface area contributed by atoms with Crippen LogP contribution in [0.2, 0.25) is 5.02 Å². The largest absolute Gasteiger partial charge is 0.493 e. The number of carbonyl (C=O) groups is 1. The number of rotatable bonds is 8. The summed E-state index contributed by atoms with van der Waals surface area (Å²) in [5.41, 5.74) is 0.898. The molecule has 150 valence electrons. The number of ether oxygens (including phenoxy) is 2. The van der Waals surface area contributed by atoms with E-state index in [0.29, 0.717) is 40.0 Å². The minimum atomic E-state index is -0.621. The van der Waals surface area contributed by atoms with Gasteiger partial charge in [0.1, 0.15) is 0 Å². The fraction of sp³-hybridized carbons (Fsp3) is 0.238. The van der Waals surface area contributed by atoms with Gasteiger partial charge >= 0.3 is 0 Å². The van der Waals surface area contributed by atoms with Gasteiger partial charge in [-0.1, -0.05) is 18.5 Å². The SMILES string of the molecule is CCC(C(=N)C(=O)c1ccc(OC)c(OC)c1)c1nnc(-c2ccc(Cl)cc2)o1. The Labute approximate surface area is 173 Å². The van der Waals surface area contributed by atoms with Crippen molar-refractivity contribution in [2.75, 3.05) is 14.2 Å². The third-order valence-electron chi connectivity index (χ3n) is 4.48. The van der Waals surface area contributed by atoms with Gasteiger partial charge in [-0.25, -0.2) is 0 Å². The maximum Gasteiger partial charge on any atom is 0.247 e. The van der Waals surface area contributed by atoms with Crippen molar-refractivity contribution in [3.05, 3.63) is 58.9 Å². The van der Waals surface area contributed by atoms with E-state index in [1.54, 1.807) is 42.5 Å². The number of aromatic nitrogens is 2. The minimum absolute atomic E-state index is 0.133. The number of hydrogen-bond acceptors (Lipinski definition) is 7.